The molecule has 0 amide bonds. The molecule has 0 aliphatic heterocycles. The van der Waals surface area contributed by atoms with E-state index >= 15 is 0 Å². The topological polar surface area (TPSA) is 80.2 Å². The van der Waals surface area contributed by atoms with Gasteiger partial charge in [0.2, 0.25) is 0 Å². The summed E-state index contributed by atoms with van der Waals surface area (Å²) in [4.78, 5) is 29.8. The van der Waals surface area contributed by atoms with Crippen molar-refractivity contribution < 1.29 is 9.53 Å². The summed E-state index contributed by atoms with van der Waals surface area (Å²) in [7, 11) is 3.84. The number of allylic oxidation sites excluding steroid dienone is 1. The standard InChI is InChI=1S/C26H24ClN5O2S/c1-15-5-4-6-17(30-15)13-34-22-10-7-16(11-20(22)27)31-25-23-18-8-9-21(33)19(12-32(2)3)24(18)35-26(23)29-14-28-25/h4-7,10-12,14H,8-9,13H2,1-3H3,(H,28,29,31)/b19-12-. The molecule has 9 heteroatoms. The van der Waals surface area contributed by atoms with Gasteiger partial charge in [0.1, 0.15) is 29.3 Å². The van der Waals surface area contributed by atoms with E-state index in [0.29, 0.717) is 36.0 Å². The average Bonchev–Trinajstić information content (AvgIpc) is 3.20. The second kappa shape index (κ2) is 9.64. The Kier molecular flexibility index (Phi) is 6.40. The first-order chi connectivity index (χ1) is 16.9. The van der Waals surface area contributed by atoms with Crippen LogP contribution in [-0.2, 0) is 17.8 Å². The van der Waals surface area contributed by atoms with E-state index in [0.717, 1.165) is 43.3 Å². The number of thiophene rings is 1. The normalized spacial score (nSPS) is 14.3. The zero-order chi connectivity index (χ0) is 24.5. The number of nitrogens with zero attached hydrogens (tertiary/aromatic N) is 4. The molecule has 4 aromatic rings. The number of hydrogen-bond donors (Lipinski definition) is 1. The van der Waals surface area contributed by atoms with Gasteiger partial charge in [-0.1, -0.05) is 17.7 Å². The molecule has 0 saturated heterocycles. The summed E-state index contributed by atoms with van der Waals surface area (Å²) in [5.41, 5.74) is 4.41. The van der Waals surface area contributed by atoms with Crippen LogP contribution in [0.1, 0.15) is 28.2 Å². The molecule has 1 aromatic carbocycles. The number of aromatic nitrogens is 3. The van der Waals surface area contributed by atoms with E-state index in [1.165, 1.54) is 17.7 Å². The molecule has 35 heavy (non-hydrogen) atoms. The Labute approximate surface area is 212 Å². The molecule has 0 unspecified atom stereocenters. The minimum absolute atomic E-state index is 0.156. The second-order valence-electron chi connectivity index (χ2n) is 8.57. The predicted octanol–water partition coefficient (Wildman–Crippen LogP) is 5.79. The molecule has 0 spiro atoms. The van der Waals surface area contributed by atoms with E-state index in [-0.39, 0.29) is 5.78 Å². The minimum atomic E-state index is 0.156. The van der Waals surface area contributed by atoms with E-state index in [1.807, 2.05) is 68.5 Å². The number of anilines is 2. The van der Waals surface area contributed by atoms with Crippen LogP contribution in [0.25, 0.3) is 15.8 Å². The zero-order valence-electron chi connectivity index (χ0n) is 19.6. The van der Waals surface area contributed by atoms with Crippen molar-refractivity contribution in [3.8, 4) is 5.75 Å². The number of carbonyl (C=O) groups is 1. The van der Waals surface area contributed by atoms with Gasteiger partial charge in [-0.25, -0.2) is 9.97 Å². The van der Waals surface area contributed by atoms with Crippen molar-refractivity contribution in [3.05, 3.63) is 75.8 Å². The Morgan fingerprint density at radius 1 is 1.20 bits per heavy atom. The van der Waals surface area contributed by atoms with Crippen molar-refractivity contribution in [2.24, 2.45) is 0 Å². The quantitative estimate of drug-likeness (QED) is 0.332. The van der Waals surface area contributed by atoms with Gasteiger partial charge in [0.25, 0.3) is 0 Å². The number of ether oxygens (including phenoxy) is 1. The lowest BCUT2D eigenvalue weighted by molar-refractivity contribution is -0.113. The molecule has 0 fully saturated rings. The summed E-state index contributed by atoms with van der Waals surface area (Å²) in [6, 6.07) is 11.4. The fourth-order valence-electron chi connectivity index (χ4n) is 4.09. The Bertz CT molecular complexity index is 1460. The summed E-state index contributed by atoms with van der Waals surface area (Å²) in [6.07, 6.45) is 4.57. The molecule has 7 nitrogen and oxygen atoms in total. The van der Waals surface area contributed by atoms with E-state index in [9.17, 15) is 4.79 Å². The van der Waals surface area contributed by atoms with Crippen molar-refractivity contribution in [3.63, 3.8) is 0 Å². The Balaban J connectivity index is 1.42. The molecule has 1 N–H and O–H groups in total. The summed E-state index contributed by atoms with van der Waals surface area (Å²) in [5.74, 6) is 1.43. The second-order valence-corrected chi connectivity index (χ2v) is 9.98. The highest BCUT2D eigenvalue weighted by Gasteiger charge is 2.28. The Morgan fingerprint density at radius 2 is 2.06 bits per heavy atom. The Morgan fingerprint density at radius 3 is 2.83 bits per heavy atom. The Hall–Kier alpha value is -3.49. The molecule has 178 valence electrons. The van der Waals surface area contributed by atoms with Crippen LogP contribution in [0.5, 0.6) is 5.75 Å². The van der Waals surface area contributed by atoms with Gasteiger partial charge >= 0.3 is 0 Å². The molecule has 0 saturated carbocycles. The molecule has 1 aliphatic carbocycles. The van der Waals surface area contributed by atoms with Crippen LogP contribution < -0.4 is 10.1 Å². The van der Waals surface area contributed by atoms with Crippen LogP contribution in [0.4, 0.5) is 11.5 Å². The molecular weight excluding hydrogens is 482 g/mol. The number of carbonyl (C=O) groups excluding carboxylic acids is 1. The van der Waals surface area contributed by atoms with Crippen LogP contribution in [0.2, 0.25) is 5.02 Å². The lowest BCUT2D eigenvalue weighted by Gasteiger charge is -2.17. The highest BCUT2D eigenvalue weighted by molar-refractivity contribution is 7.20. The number of aryl methyl sites for hydroxylation is 2. The van der Waals surface area contributed by atoms with Gasteiger partial charge in [-0.3, -0.25) is 9.78 Å². The fraction of sp³-hybridized carbons (Fsp3) is 0.231. The van der Waals surface area contributed by atoms with Crippen LogP contribution in [0.15, 0.2) is 48.9 Å². The lowest BCUT2D eigenvalue weighted by Crippen LogP contribution is -2.14. The molecule has 5 rings (SSSR count). The van der Waals surface area contributed by atoms with E-state index in [1.54, 1.807) is 0 Å². The fourth-order valence-corrected chi connectivity index (χ4v) is 5.55. The first-order valence-corrected chi connectivity index (χ1v) is 12.4. The van der Waals surface area contributed by atoms with E-state index in [2.05, 4.69) is 20.3 Å². The molecule has 3 heterocycles. The highest BCUT2D eigenvalue weighted by atomic mass is 35.5. The number of rotatable bonds is 6. The van der Waals surface area contributed by atoms with Crippen LogP contribution in [-0.4, -0.2) is 39.7 Å². The van der Waals surface area contributed by atoms with E-state index < -0.39 is 0 Å². The van der Waals surface area contributed by atoms with Gasteiger partial charge in [0, 0.05) is 43.0 Å². The summed E-state index contributed by atoms with van der Waals surface area (Å²) in [5, 5.41) is 4.83. The van der Waals surface area contributed by atoms with E-state index in [4.69, 9.17) is 16.3 Å². The van der Waals surface area contributed by atoms with Gasteiger partial charge in [-0.15, -0.1) is 11.3 Å². The largest absolute Gasteiger partial charge is 0.486 e. The number of pyridine rings is 1. The maximum atomic E-state index is 12.6. The lowest BCUT2D eigenvalue weighted by atomic mass is 9.92. The van der Waals surface area contributed by atoms with Gasteiger partial charge < -0.3 is 15.0 Å². The number of ketones is 1. The number of nitrogens with one attached hydrogen (secondary N) is 1. The third-order valence-corrected chi connectivity index (χ3v) is 7.11. The molecular formula is C26H24ClN5O2S. The first-order valence-electron chi connectivity index (χ1n) is 11.2. The predicted molar refractivity (Wildman–Crippen MR) is 140 cm³/mol. The number of hydrogen-bond acceptors (Lipinski definition) is 8. The average molecular weight is 506 g/mol. The van der Waals surface area contributed by atoms with Crippen molar-refractivity contribution in [2.75, 3.05) is 19.4 Å². The van der Waals surface area contributed by atoms with Gasteiger partial charge in [-0.05, 0) is 49.2 Å². The third kappa shape index (κ3) is 4.85. The monoisotopic (exact) mass is 505 g/mol. The molecule has 3 aromatic heterocycles. The number of Topliss-reactive ketones (excluding diaryl/α,β-unsaturated/α-hetero) is 1. The summed E-state index contributed by atoms with van der Waals surface area (Å²) >= 11 is 8.05. The third-order valence-electron chi connectivity index (χ3n) is 5.64. The zero-order valence-corrected chi connectivity index (χ0v) is 21.2. The summed E-state index contributed by atoms with van der Waals surface area (Å²) in [6.45, 7) is 2.28. The molecule has 1 aliphatic rings. The highest BCUT2D eigenvalue weighted by Crippen LogP contribution is 2.42. The van der Waals surface area contributed by atoms with Gasteiger partial charge in [-0.2, -0.15) is 0 Å². The maximum absolute atomic E-state index is 12.6. The molecule has 0 bridgehead atoms. The van der Waals surface area contributed by atoms with Gasteiger partial charge in [0.05, 0.1) is 21.7 Å². The van der Waals surface area contributed by atoms with Crippen LogP contribution >= 0.6 is 22.9 Å². The van der Waals surface area contributed by atoms with Crippen molar-refractivity contribution in [2.45, 2.75) is 26.4 Å². The molecule has 0 atom stereocenters. The molecule has 0 radical (unpaired) electrons. The van der Waals surface area contributed by atoms with Crippen molar-refractivity contribution in [1.29, 1.82) is 0 Å². The number of halogens is 1. The van der Waals surface area contributed by atoms with Crippen molar-refractivity contribution >= 4 is 56.0 Å². The minimum Gasteiger partial charge on any atom is -0.486 e. The number of fused-ring (bicyclic) bond motifs is 3. The first kappa shape index (κ1) is 23.3. The summed E-state index contributed by atoms with van der Waals surface area (Å²) < 4.78 is 5.88. The smallest absolute Gasteiger partial charge is 0.166 e. The maximum Gasteiger partial charge on any atom is 0.166 e. The van der Waals surface area contributed by atoms with Crippen LogP contribution in [0.3, 0.4) is 0 Å². The van der Waals surface area contributed by atoms with Crippen molar-refractivity contribution in [1.82, 2.24) is 19.9 Å². The van der Waals surface area contributed by atoms with Gasteiger partial charge in [0.15, 0.2) is 5.78 Å². The number of benzene rings is 1. The van der Waals surface area contributed by atoms with Crippen LogP contribution in [0, 0.1) is 6.92 Å². The SMILES string of the molecule is Cc1cccc(COc2ccc(Nc3ncnc4sc5c(c34)CCC(=O)/C5=C/N(C)C)cc2Cl)n1.